The molecule has 2 aromatic rings. The molecule has 28 heavy (non-hydrogen) atoms. The molecule has 1 saturated carbocycles. The average Bonchev–Trinajstić information content (AvgIpc) is 2.67. The van der Waals surface area contributed by atoms with Crippen molar-refractivity contribution in [2.24, 2.45) is 0 Å². The van der Waals surface area contributed by atoms with E-state index in [1.54, 1.807) is 12.1 Å². The second kappa shape index (κ2) is 7.72. The maximum Gasteiger partial charge on any atom is 0.189 e. The van der Waals surface area contributed by atoms with E-state index in [1.807, 2.05) is 37.3 Å². The van der Waals surface area contributed by atoms with E-state index in [0.29, 0.717) is 5.11 Å². The van der Waals surface area contributed by atoms with E-state index in [2.05, 4.69) is 22.2 Å². The standard InChI is InChI=1S/C22H25N3O2S/c1-15-6-5-7-16(12-15)23-21(28)25-24-19-14-22(10-3-2-4-11-22)27-20-9-8-17(26)13-18(19)20/h5-9,12-14,24,26H,2-4,10-11H2,1H3,(H2,23,25,28). The van der Waals surface area contributed by atoms with Crippen molar-refractivity contribution in [3.05, 3.63) is 59.7 Å². The van der Waals surface area contributed by atoms with E-state index in [0.717, 1.165) is 53.9 Å². The Balaban J connectivity index is 1.52. The number of aryl methyl sites for hydroxylation is 1. The molecule has 4 N–H and O–H groups in total. The van der Waals surface area contributed by atoms with Crippen LogP contribution in [0, 0.1) is 6.92 Å². The highest BCUT2D eigenvalue weighted by molar-refractivity contribution is 7.80. The molecule has 0 atom stereocenters. The number of anilines is 1. The molecule has 1 fully saturated rings. The molecule has 4 rings (SSSR count). The molecule has 0 radical (unpaired) electrons. The van der Waals surface area contributed by atoms with Gasteiger partial charge in [-0.2, -0.15) is 0 Å². The van der Waals surface area contributed by atoms with E-state index < -0.39 is 0 Å². The number of aromatic hydroxyl groups is 1. The van der Waals surface area contributed by atoms with Gasteiger partial charge in [-0.05, 0) is 86.8 Å². The first kappa shape index (κ1) is 18.6. The Morgan fingerprint density at radius 3 is 2.71 bits per heavy atom. The van der Waals surface area contributed by atoms with Crippen LogP contribution in [0.5, 0.6) is 11.5 Å². The monoisotopic (exact) mass is 395 g/mol. The zero-order valence-corrected chi connectivity index (χ0v) is 16.7. The molecule has 146 valence electrons. The second-order valence-corrected chi connectivity index (χ2v) is 7.95. The largest absolute Gasteiger partial charge is 0.508 e. The summed E-state index contributed by atoms with van der Waals surface area (Å²) in [6, 6.07) is 13.2. The zero-order valence-electron chi connectivity index (χ0n) is 15.9. The Labute approximate surface area is 170 Å². The van der Waals surface area contributed by atoms with E-state index in [1.165, 1.54) is 6.42 Å². The summed E-state index contributed by atoms with van der Waals surface area (Å²) in [7, 11) is 0. The van der Waals surface area contributed by atoms with E-state index >= 15 is 0 Å². The first-order valence-corrected chi connectivity index (χ1v) is 10.1. The normalized spacial score (nSPS) is 17.1. The third-order valence-corrected chi connectivity index (χ3v) is 5.46. The topological polar surface area (TPSA) is 65.5 Å². The van der Waals surface area contributed by atoms with Crippen molar-refractivity contribution in [2.45, 2.75) is 44.6 Å². The maximum absolute atomic E-state index is 9.94. The minimum atomic E-state index is -0.294. The number of rotatable bonds is 3. The zero-order chi connectivity index (χ0) is 19.6. The summed E-state index contributed by atoms with van der Waals surface area (Å²) in [6.07, 6.45) is 7.66. The van der Waals surface area contributed by atoms with Crippen LogP contribution in [0.2, 0.25) is 0 Å². The number of fused-ring (bicyclic) bond motifs is 1. The van der Waals surface area contributed by atoms with E-state index in [-0.39, 0.29) is 11.4 Å². The lowest BCUT2D eigenvalue weighted by Crippen LogP contribution is -2.44. The summed E-state index contributed by atoms with van der Waals surface area (Å²) >= 11 is 5.43. The summed E-state index contributed by atoms with van der Waals surface area (Å²) in [5, 5.41) is 13.6. The van der Waals surface area contributed by atoms with Gasteiger partial charge in [0.1, 0.15) is 17.1 Å². The Bertz CT molecular complexity index is 920. The number of benzene rings is 2. The van der Waals surface area contributed by atoms with Crippen molar-refractivity contribution in [3.8, 4) is 11.5 Å². The Morgan fingerprint density at radius 2 is 1.93 bits per heavy atom. The van der Waals surface area contributed by atoms with Crippen LogP contribution in [0.3, 0.4) is 0 Å². The van der Waals surface area contributed by atoms with Crippen LogP contribution in [0.25, 0.3) is 5.70 Å². The van der Waals surface area contributed by atoms with Crippen LogP contribution in [-0.2, 0) is 0 Å². The summed E-state index contributed by atoms with van der Waals surface area (Å²) in [6.45, 7) is 2.04. The van der Waals surface area contributed by atoms with Gasteiger partial charge in [0.25, 0.3) is 0 Å². The molecule has 1 heterocycles. The lowest BCUT2D eigenvalue weighted by atomic mass is 9.82. The highest BCUT2D eigenvalue weighted by atomic mass is 32.1. The predicted molar refractivity (Wildman–Crippen MR) is 116 cm³/mol. The lowest BCUT2D eigenvalue weighted by Gasteiger charge is -2.39. The highest BCUT2D eigenvalue weighted by Gasteiger charge is 2.37. The average molecular weight is 396 g/mol. The van der Waals surface area contributed by atoms with Crippen molar-refractivity contribution >= 4 is 28.7 Å². The Hall–Kier alpha value is -2.73. The van der Waals surface area contributed by atoms with Crippen molar-refractivity contribution in [1.29, 1.82) is 0 Å². The number of nitrogens with one attached hydrogen (secondary N) is 3. The minimum absolute atomic E-state index is 0.204. The quantitative estimate of drug-likeness (QED) is 0.449. The van der Waals surface area contributed by atoms with Crippen molar-refractivity contribution < 1.29 is 9.84 Å². The van der Waals surface area contributed by atoms with Gasteiger partial charge in [0.05, 0.1) is 5.70 Å². The van der Waals surface area contributed by atoms with E-state index in [4.69, 9.17) is 17.0 Å². The molecular formula is C22H25N3O2S. The molecule has 1 aliphatic heterocycles. The van der Waals surface area contributed by atoms with Crippen molar-refractivity contribution in [3.63, 3.8) is 0 Å². The highest BCUT2D eigenvalue weighted by Crippen LogP contribution is 2.42. The summed E-state index contributed by atoms with van der Waals surface area (Å²) in [5.74, 6) is 0.985. The van der Waals surface area contributed by atoms with Crippen LogP contribution in [0.4, 0.5) is 5.69 Å². The van der Waals surface area contributed by atoms with Gasteiger partial charge in [-0.3, -0.25) is 10.9 Å². The maximum atomic E-state index is 9.94. The summed E-state index contributed by atoms with van der Waals surface area (Å²) in [5.41, 5.74) is 9.79. The number of thiocarbonyl (C=S) groups is 1. The smallest absolute Gasteiger partial charge is 0.189 e. The molecule has 6 heteroatoms. The number of hydrogen-bond donors (Lipinski definition) is 4. The third kappa shape index (κ3) is 4.07. The van der Waals surface area contributed by atoms with Crippen LogP contribution in [0.1, 0.15) is 43.2 Å². The second-order valence-electron chi connectivity index (χ2n) is 7.54. The summed E-state index contributed by atoms with van der Waals surface area (Å²) in [4.78, 5) is 0. The van der Waals surface area contributed by atoms with Gasteiger partial charge >= 0.3 is 0 Å². The third-order valence-electron chi connectivity index (χ3n) is 5.26. The number of phenolic OH excluding ortho intramolecular Hbond substituents is 1. The number of hydrogen-bond acceptors (Lipinski definition) is 4. The molecule has 0 unspecified atom stereocenters. The number of phenols is 1. The first-order valence-electron chi connectivity index (χ1n) is 9.68. The van der Waals surface area contributed by atoms with Gasteiger partial charge in [0.15, 0.2) is 5.11 Å². The molecule has 2 aromatic carbocycles. The minimum Gasteiger partial charge on any atom is -0.508 e. The first-order chi connectivity index (χ1) is 13.5. The Morgan fingerprint density at radius 1 is 1.11 bits per heavy atom. The van der Waals surface area contributed by atoms with Crippen molar-refractivity contribution in [2.75, 3.05) is 5.32 Å². The van der Waals surface area contributed by atoms with Crippen molar-refractivity contribution in [1.82, 2.24) is 10.9 Å². The van der Waals surface area contributed by atoms with Gasteiger partial charge in [-0.15, -0.1) is 0 Å². The molecule has 0 amide bonds. The number of ether oxygens (including phenoxy) is 1. The molecule has 1 aliphatic carbocycles. The molecule has 2 aliphatic rings. The SMILES string of the molecule is Cc1cccc(NC(=S)NNC2=CC3(CCCCC3)Oc3ccc(O)cc32)c1. The van der Waals surface area contributed by atoms with Gasteiger partial charge in [0, 0.05) is 11.3 Å². The molecular weight excluding hydrogens is 370 g/mol. The van der Waals surface area contributed by atoms with Crippen LogP contribution in [0.15, 0.2) is 48.5 Å². The predicted octanol–water partition coefficient (Wildman–Crippen LogP) is 4.63. The molecule has 0 aromatic heterocycles. The fourth-order valence-electron chi connectivity index (χ4n) is 3.92. The van der Waals surface area contributed by atoms with Crippen LogP contribution >= 0.6 is 12.2 Å². The van der Waals surface area contributed by atoms with Gasteiger partial charge in [-0.1, -0.05) is 18.6 Å². The van der Waals surface area contributed by atoms with Gasteiger partial charge in [0.2, 0.25) is 0 Å². The summed E-state index contributed by atoms with van der Waals surface area (Å²) < 4.78 is 6.36. The Kier molecular flexibility index (Phi) is 5.13. The molecule has 0 saturated heterocycles. The van der Waals surface area contributed by atoms with E-state index in [9.17, 15) is 5.11 Å². The molecule has 0 bridgehead atoms. The lowest BCUT2D eigenvalue weighted by molar-refractivity contribution is 0.0739. The van der Waals surface area contributed by atoms with Gasteiger partial charge in [-0.25, -0.2) is 0 Å². The van der Waals surface area contributed by atoms with Crippen LogP contribution < -0.4 is 20.9 Å². The molecule has 5 nitrogen and oxygen atoms in total. The fraction of sp³-hybridized carbons (Fsp3) is 0.318. The fourth-order valence-corrected chi connectivity index (χ4v) is 4.08. The number of hydrazine groups is 1. The van der Waals surface area contributed by atoms with Gasteiger partial charge < -0.3 is 15.2 Å². The van der Waals surface area contributed by atoms with Crippen LogP contribution in [-0.4, -0.2) is 15.8 Å². The molecule has 1 spiro atoms.